The number of piperazine rings is 1. The van der Waals surface area contributed by atoms with Crippen molar-refractivity contribution in [3.8, 4) is 5.75 Å². The average molecular weight is 421 g/mol. The summed E-state index contributed by atoms with van der Waals surface area (Å²) in [6.07, 6.45) is 2.69. The predicted molar refractivity (Wildman–Crippen MR) is 123 cm³/mol. The highest BCUT2D eigenvalue weighted by Crippen LogP contribution is 2.29. The number of hydrogen-bond acceptors (Lipinski definition) is 6. The summed E-state index contributed by atoms with van der Waals surface area (Å²) in [7, 11) is 1.77. The molecular formula is C23H24N4O2S. The largest absolute Gasteiger partial charge is 0.508 e. The first-order valence-corrected chi connectivity index (χ1v) is 11.1. The molecule has 30 heavy (non-hydrogen) atoms. The molecule has 6 nitrogen and oxygen atoms in total. The lowest BCUT2D eigenvalue weighted by molar-refractivity contribution is 0.261. The van der Waals surface area contributed by atoms with Crippen LogP contribution in [0.3, 0.4) is 0 Å². The molecule has 0 radical (unpaired) electrons. The van der Waals surface area contributed by atoms with E-state index in [0.717, 1.165) is 61.4 Å². The Kier molecular flexibility index (Phi) is 4.92. The summed E-state index contributed by atoms with van der Waals surface area (Å²) < 4.78 is 2.91. The zero-order chi connectivity index (χ0) is 20.7. The second-order valence-electron chi connectivity index (χ2n) is 7.81. The molecule has 1 N–H and O–H groups in total. The summed E-state index contributed by atoms with van der Waals surface area (Å²) in [5.41, 5.74) is 1.84. The fraction of sp³-hybridized carbons (Fsp3) is 0.304. The van der Waals surface area contributed by atoms with E-state index in [9.17, 15) is 9.90 Å². The number of rotatable bonds is 4. The first-order valence-electron chi connectivity index (χ1n) is 10.2. The van der Waals surface area contributed by atoms with E-state index >= 15 is 0 Å². The molecule has 1 aliphatic heterocycles. The number of aromatic nitrogens is 2. The minimum Gasteiger partial charge on any atom is -0.508 e. The van der Waals surface area contributed by atoms with E-state index in [2.05, 4.69) is 32.3 Å². The fourth-order valence-corrected chi connectivity index (χ4v) is 5.09. The number of nitrogens with zero attached hydrogens (tertiary/aromatic N) is 4. The maximum atomic E-state index is 12.3. The lowest BCUT2D eigenvalue weighted by atomic mass is 10.0. The number of aryl methyl sites for hydroxylation is 1. The standard InChI is InChI=1S/C23H24N4O2S/c1-25-20-3-2-17(28)15-19(20)16(14-22(25)29)5-8-26-9-11-27(12-10-26)23-18-6-13-30-21(18)4-7-24-23/h2-4,6-7,13-15,28H,5,8-12H2,1H3. The van der Waals surface area contributed by atoms with Crippen molar-refractivity contribution in [3.63, 3.8) is 0 Å². The Balaban J connectivity index is 1.29. The van der Waals surface area contributed by atoms with Crippen molar-refractivity contribution in [1.82, 2.24) is 14.5 Å². The van der Waals surface area contributed by atoms with Crippen LogP contribution in [-0.2, 0) is 13.5 Å². The van der Waals surface area contributed by atoms with Gasteiger partial charge in [-0.05, 0) is 47.7 Å². The van der Waals surface area contributed by atoms with Crippen LogP contribution in [0.4, 0.5) is 5.82 Å². The lowest BCUT2D eigenvalue weighted by Crippen LogP contribution is -2.47. The number of phenolic OH excluding ortho intramolecular Hbond substituents is 1. The quantitative estimate of drug-likeness (QED) is 0.549. The summed E-state index contributed by atoms with van der Waals surface area (Å²) >= 11 is 1.75. The number of phenols is 1. The van der Waals surface area contributed by atoms with Crippen LogP contribution in [-0.4, -0.2) is 52.3 Å². The van der Waals surface area contributed by atoms with Gasteiger partial charge in [0.05, 0.1) is 5.52 Å². The lowest BCUT2D eigenvalue weighted by Gasteiger charge is -2.35. The molecule has 0 aliphatic carbocycles. The smallest absolute Gasteiger partial charge is 0.251 e. The molecular weight excluding hydrogens is 396 g/mol. The average Bonchev–Trinajstić information content (AvgIpc) is 3.25. The molecule has 4 aromatic rings. The van der Waals surface area contributed by atoms with E-state index in [-0.39, 0.29) is 11.3 Å². The van der Waals surface area contributed by atoms with E-state index in [1.807, 2.05) is 12.3 Å². The summed E-state index contributed by atoms with van der Waals surface area (Å²) in [6, 6.07) is 11.1. The van der Waals surface area contributed by atoms with E-state index in [1.165, 1.54) is 10.1 Å². The van der Waals surface area contributed by atoms with E-state index < -0.39 is 0 Å². The zero-order valence-electron chi connectivity index (χ0n) is 16.9. The summed E-state index contributed by atoms with van der Waals surface area (Å²) in [4.78, 5) is 21.8. The van der Waals surface area contributed by atoms with Crippen LogP contribution < -0.4 is 10.5 Å². The second-order valence-corrected chi connectivity index (χ2v) is 8.76. The van der Waals surface area contributed by atoms with E-state index in [0.29, 0.717) is 0 Å². The van der Waals surface area contributed by atoms with Crippen LogP contribution in [0.1, 0.15) is 5.56 Å². The molecule has 0 amide bonds. The Hall–Kier alpha value is -2.90. The first kappa shape index (κ1) is 19.1. The molecule has 5 rings (SSSR count). The van der Waals surface area contributed by atoms with Gasteiger partial charge in [0.1, 0.15) is 11.6 Å². The van der Waals surface area contributed by atoms with E-state index in [1.54, 1.807) is 41.2 Å². The van der Waals surface area contributed by atoms with Crippen molar-refractivity contribution in [1.29, 1.82) is 0 Å². The van der Waals surface area contributed by atoms with Gasteiger partial charge < -0.3 is 14.6 Å². The SMILES string of the molecule is Cn1c(=O)cc(CCN2CCN(c3nccc4sccc34)CC2)c2cc(O)ccc21. The molecule has 0 saturated carbocycles. The first-order chi connectivity index (χ1) is 14.6. The highest BCUT2D eigenvalue weighted by Gasteiger charge is 2.20. The van der Waals surface area contributed by atoms with Gasteiger partial charge in [0.25, 0.3) is 5.56 Å². The Labute approximate surface area is 178 Å². The topological polar surface area (TPSA) is 61.6 Å². The van der Waals surface area contributed by atoms with Crippen LogP contribution in [0.2, 0.25) is 0 Å². The minimum atomic E-state index is -0.0112. The molecule has 1 fully saturated rings. The van der Waals surface area contributed by atoms with Crippen molar-refractivity contribution in [3.05, 3.63) is 63.9 Å². The summed E-state index contributed by atoms with van der Waals surface area (Å²) in [5.74, 6) is 1.31. The van der Waals surface area contributed by atoms with Crippen LogP contribution in [0.5, 0.6) is 5.75 Å². The molecule has 1 aromatic carbocycles. The minimum absolute atomic E-state index is 0.0112. The predicted octanol–water partition coefficient (Wildman–Crippen LogP) is 3.22. The van der Waals surface area contributed by atoms with Gasteiger partial charge in [-0.15, -0.1) is 11.3 Å². The van der Waals surface area contributed by atoms with Gasteiger partial charge in [0.15, 0.2) is 0 Å². The second kappa shape index (κ2) is 7.74. The summed E-state index contributed by atoms with van der Waals surface area (Å²) in [6.45, 7) is 4.72. The van der Waals surface area contributed by atoms with Crippen molar-refractivity contribution in [2.75, 3.05) is 37.6 Å². The van der Waals surface area contributed by atoms with Crippen LogP contribution in [0.15, 0.2) is 52.8 Å². The maximum absolute atomic E-state index is 12.3. The highest BCUT2D eigenvalue weighted by molar-refractivity contribution is 7.17. The molecule has 154 valence electrons. The van der Waals surface area contributed by atoms with Gasteiger partial charge in [-0.25, -0.2) is 4.98 Å². The number of benzene rings is 1. The molecule has 1 aliphatic rings. The normalized spacial score (nSPS) is 15.3. The number of thiophene rings is 1. The van der Waals surface area contributed by atoms with E-state index in [4.69, 9.17) is 0 Å². The molecule has 7 heteroatoms. The van der Waals surface area contributed by atoms with Gasteiger partial charge in [0, 0.05) is 67.5 Å². The molecule has 4 heterocycles. The number of pyridine rings is 2. The molecule has 0 bridgehead atoms. The third kappa shape index (κ3) is 3.44. The molecule has 1 saturated heterocycles. The number of fused-ring (bicyclic) bond motifs is 2. The number of aromatic hydroxyl groups is 1. The van der Waals surface area contributed by atoms with Crippen molar-refractivity contribution < 1.29 is 5.11 Å². The molecule has 3 aromatic heterocycles. The molecule has 0 spiro atoms. The zero-order valence-corrected chi connectivity index (χ0v) is 17.7. The van der Waals surface area contributed by atoms with Crippen molar-refractivity contribution in [2.45, 2.75) is 6.42 Å². The molecule has 0 atom stereocenters. The van der Waals surface area contributed by atoms with Gasteiger partial charge in [-0.2, -0.15) is 0 Å². The number of hydrogen-bond donors (Lipinski definition) is 1. The Morgan fingerprint density at radius 2 is 1.90 bits per heavy atom. The Morgan fingerprint density at radius 3 is 2.73 bits per heavy atom. The van der Waals surface area contributed by atoms with Crippen molar-refractivity contribution in [2.24, 2.45) is 7.05 Å². The van der Waals surface area contributed by atoms with Crippen LogP contribution >= 0.6 is 11.3 Å². The van der Waals surface area contributed by atoms with Crippen LogP contribution in [0.25, 0.3) is 21.0 Å². The van der Waals surface area contributed by atoms with Gasteiger partial charge in [0.2, 0.25) is 0 Å². The fourth-order valence-electron chi connectivity index (χ4n) is 4.32. The highest BCUT2D eigenvalue weighted by atomic mass is 32.1. The van der Waals surface area contributed by atoms with Crippen LogP contribution in [0, 0.1) is 0 Å². The Bertz CT molecular complexity index is 1270. The van der Waals surface area contributed by atoms with Gasteiger partial charge >= 0.3 is 0 Å². The third-order valence-electron chi connectivity index (χ3n) is 6.04. The van der Waals surface area contributed by atoms with Gasteiger partial charge in [-0.3, -0.25) is 9.69 Å². The number of anilines is 1. The van der Waals surface area contributed by atoms with Gasteiger partial charge in [-0.1, -0.05) is 0 Å². The maximum Gasteiger partial charge on any atom is 0.251 e. The third-order valence-corrected chi connectivity index (χ3v) is 6.93. The van der Waals surface area contributed by atoms with Crippen molar-refractivity contribution >= 4 is 38.1 Å². The Morgan fingerprint density at radius 1 is 1.07 bits per heavy atom. The molecule has 0 unspecified atom stereocenters. The monoisotopic (exact) mass is 420 g/mol. The summed E-state index contributed by atoms with van der Waals surface area (Å²) in [5, 5.41) is 14.2.